The lowest BCUT2D eigenvalue weighted by Crippen LogP contribution is -2.69. The summed E-state index contributed by atoms with van der Waals surface area (Å²) in [5.74, 6) is 0.0396. The molecule has 104 valence electrons. The van der Waals surface area contributed by atoms with Gasteiger partial charge in [-0.15, -0.1) is 6.58 Å². The zero-order chi connectivity index (χ0) is 13.8. The summed E-state index contributed by atoms with van der Waals surface area (Å²) >= 11 is 5.51. The van der Waals surface area contributed by atoms with E-state index in [0.29, 0.717) is 0 Å². The smallest absolute Gasteiger partial charge is 0.372 e. The molecular formula is C13H24O3SSi. The fraction of sp³-hybridized carbons (Fsp3) is 0.769. The van der Waals surface area contributed by atoms with E-state index in [1.54, 1.807) is 21.3 Å². The Labute approximate surface area is 117 Å². The first-order valence-corrected chi connectivity index (χ1v) is 8.81. The third-order valence-electron chi connectivity index (χ3n) is 4.08. The van der Waals surface area contributed by atoms with Crippen molar-refractivity contribution in [3.8, 4) is 0 Å². The fourth-order valence-corrected chi connectivity index (χ4v) is 7.88. The third kappa shape index (κ3) is 2.23. The van der Waals surface area contributed by atoms with Gasteiger partial charge in [-0.05, 0) is 18.9 Å². The number of methoxy groups -OCH3 is 1. The van der Waals surface area contributed by atoms with E-state index >= 15 is 0 Å². The van der Waals surface area contributed by atoms with E-state index in [-0.39, 0.29) is 5.92 Å². The van der Waals surface area contributed by atoms with Crippen molar-refractivity contribution >= 4 is 25.6 Å². The van der Waals surface area contributed by atoms with Crippen molar-refractivity contribution in [2.75, 3.05) is 21.3 Å². The Morgan fingerprint density at radius 3 is 2.44 bits per heavy atom. The van der Waals surface area contributed by atoms with Crippen molar-refractivity contribution in [3.05, 3.63) is 12.7 Å². The highest BCUT2D eigenvalue weighted by Gasteiger charge is 2.63. The Kier molecular flexibility index (Phi) is 5.67. The van der Waals surface area contributed by atoms with Crippen molar-refractivity contribution in [2.24, 2.45) is 5.92 Å². The molecular weight excluding hydrogens is 264 g/mol. The average molecular weight is 288 g/mol. The van der Waals surface area contributed by atoms with Crippen molar-refractivity contribution in [1.29, 1.82) is 0 Å². The molecule has 0 N–H and O–H groups in total. The van der Waals surface area contributed by atoms with Crippen LogP contribution in [0.15, 0.2) is 12.7 Å². The van der Waals surface area contributed by atoms with Gasteiger partial charge in [0, 0.05) is 32.1 Å². The highest BCUT2D eigenvalue weighted by Crippen LogP contribution is 2.45. The Bertz CT molecular complexity index is 317. The van der Waals surface area contributed by atoms with Crippen LogP contribution in [0, 0.1) is 5.92 Å². The second-order valence-corrected chi connectivity index (χ2v) is 8.88. The standard InChI is InChI=1S/C13H24O3SSi/c1-6-9-13(14-3)11(7-2)12(17)8-10-18(13,15-4)16-5/h7,11H,2,6,8-10H2,1,3-5H3. The fourth-order valence-electron chi connectivity index (χ4n) is 3.21. The number of ether oxygens (including phenoxy) is 1. The van der Waals surface area contributed by atoms with Crippen molar-refractivity contribution < 1.29 is 13.6 Å². The predicted octanol–water partition coefficient (Wildman–Crippen LogP) is 3.02. The maximum absolute atomic E-state index is 5.94. The molecule has 1 aliphatic rings. The maximum Gasteiger partial charge on any atom is 0.372 e. The van der Waals surface area contributed by atoms with Gasteiger partial charge in [0.25, 0.3) is 0 Å². The number of hydrogen-bond acceptors (Lipinski definition) is 4. The van der Waals surface area contributed by atoms with Gasteiger partial charge in [-0.1, -0.05) is 31.6 Å². The summed E-state index contributed by atoms with van der Waals surface area (Å²) in [5, 5.41) is -0.442. The van der Waals surface area contributed by atoms with E-state index in [1.807, 2.05) is 6.08 Å². The first-order valence-electron chi connectivity index (χ1n) is 6.38. The molecule has 5 heteroatoms. The average Bonchev–Trinajstić information content (AvgIpc) is 2.40. The Morgan fingerprint density at radius 1 is 1.44 bits per heavy atom. The zero-order valence-corrected chi connectivity index (χ0v) is 13.6. The normalized spacial score (nSPS) is 31.3. The predicted molar refractivity (Wildman–Crippen MR) is 80.1 cm³/mol. The zero-order valence-electron chi connectivity index (χ0n) is 11.8. The molecule has 18 heavy (non-hydrogen) atoms. The summed E-state index contributed by atoms with van der Waals surface area (Å²) in [4.78, 5) is 1.01. The van der Waals surface area contributed by atoms with Crippen LogP contribution < -0.4 is 0 Å². The largest absolute Gasteiger partial charge is 0.396 e. The molecule has 0 bridgehead atoms. The molecule has 2 unspecified atom stereocenters. The number of thiocarbonyl (C=S) groups is 1. The molecule has 1 aliphatic heterocycles. The van der Waals surface area contributed by atoms with Crippen LogP contribution in [0.2, 0.25) is 6.04 Å². The van der Waals surface area contributed by atoms with Crippen LogP contribution in [-0.2, 0) is 13.6 Å². The quantitative estimate of drug-likeness (QED) is 0.426. The molecule has 0 aromatic heterocycles. The van der Waals surface area contributed by atoms with E-state index in [0.717, 1.165) is 30.2 Å². The molecule has 0 spiro atoms. The van der Waals surface area contributed by atoms with Gasteiger partial charge in [-0.3, -0.25) is 0 Å². The first-order chi connectivity index (χ1) is 8.57. The van der Waals surface area contributed by atoms with E-state index in [1.165, 1.54) is 0 Å². The van der Waals surface area contributed by atoms with Gasteiger partial charge in [0.1, 0.15) is 5.22 Å². The van der Waals surface area contributed by atoms with Crippen LogP contribution in [0.25, 0.3) is 0 Å². The molecule has 1 heterocycles. The highest BCUT2D eigenvalue weighted by atomic mass is 32.1. The van der Waals surface area contributed by atoms with Gasteiger partial charge in [0.2, 0.25) is 0 Å². The molecule has 0 aliphatic carbocycles. The minimum atomic E-state index is -2.44. The lowest BCUT2D eigenvalue weighted by molar-refractivity contribution is -0.0165. The van der Waals surface area contributed by atoms with E-state index in [2.05, 4.69) is 13.5 Å². The van der Waals surface area contributed by atoms with Gasteiger partial charge < -0.3 is 13.6 Å². The van der Waals surface area contributed by atoms with E-state index in [9.17, 15) is 0 Å². The summed E-state index contributed by atoms with van der Waals surface area (Å²) in [7, 11) is 2.76. The van der Waals surface area contributed by atoms with Crippen LogP contribution in [0.4, 0.5) is 0 Å². The van der Waals surface area contributed by atoms with Gasteiger partial charge >= 0.3 is 8.56 Å². The maximum atomic E-state index is 5.94. The van der Waals surface area contributed by atoms with Crippen LogP contribution in [0.1, 0.15) is 26.2 Å². The Hall–Kier alpha value is -0.0731. The second kappa shape index (κ2) is 6.39. The topological polar surface area (TPSA) is 27.7 Å². The number of hydrogen-bond donors (Lipinski definition) is 0. The van der Waals surface area contributed by atoms with Crippen molar-refractivity contribution in [3.63, 3.8) is 0 Å². The first kappa shape index (κ1) is 16.0. The van der Waals surface area contributed by atoms with Crippen LogP contribution in [0.3, 0.4) is 0 Å². The molecule has 1 saturated heterocycles. The monoisotopic (exact) mass is 288 g/mol. The van der Waals surface area contributed by atoms with Crippen molar-refractivity contribution in [2.45, 2.75) is 37.5 Å². The molecule has 0 amide bonds. The molecule has 1 fully saturated rings. The van der Waals surface area contributed by atoms with Gasteiger partial charge in [-0.25, -0.2) is 0 Å². The molecule has 0 radical (unpaired) electrons. The summed E-state index contributed by atoms with van der Waals surface area (Å²) < 4.78 is 17.6. The minimum absolute atomic E-state index is 0.0396. The van der Waals surface area contributed by atoms with Crippen molar-refractivity contribution in [1.82, 2.24) is 0 Å². The summed E-state index contributed by atoms with van der Waals surface area (Å²) in [6.07, 6.45) is 4.64. The van der Waals surface area contributed by atoms with Gasteiger partial charge in [-0.2, -0.15) is 0 Å². The Morgan fingerprint density at radius 2 is 2.06 bits per heavy atom. The lowest BCUT2D eigenvalue weighted by atomic mass is 9.92. The van der Waals surface area contributed by atoms with Crippen LogP contribution >= 0.6 is 12.2 Å². The lowest BCUT2D eigenvalue weighted by Gasteiger charge is -2.51. The third-order valence-corrected chi connectivity index (χ3v) is 8.82. The molecule has 0 aromatic carbocycles. The number of rotatable bonds is 6. The van der Waals surface area contributed by atoms with E-state index in [4.69, 9.17) is 25.8 Å². The van der Waals surface area contributed by atoms with Crippen LogP contribution in [0.5, 0.6) is 0 Å². The second-order valence-electron chi connectivity index (χ2n) is 4.68. The van der Waals surface area contributed by atoms with E-state index < -0.39 is 13.8 Å². The SMILES string of the molecule is C=CC1C(=S)CC[Si](OC)(OC)C1(CCC)OC. The summed E-state index contributed by atoms with van der Waals surface area (Å²) in [6.45, 7) is 6.08. The van der Waals surface area contributed by atoms with Crippen LogP contribution in [-0.4, -0.2) is 40.0 Å². The minimum Gasteiger partial charge on any atom is -0.396 e. The van der Waals surface area contributed by atoms with Gasteiger partial charge in [0.05, 0.1) is 0 Å². The molecule has 1 rings (SSSR count). The van der Waals surface area contributed by atoms with Gasteiger partial charge in [0.15, 0.2) is 0 Å². The summed E-state index contributed by atoms with van der Waals surface area (Å²) in [6, 6.07) is 0.858. The highest BCUT2D eigenvalue weighted by molar-refractivity contribution is 7.80. The summed E-state index contributed by atoms with van der Waals surface area (Å²) in [5.41, 5.74) is 0. The molecule has 0 saturated carbocycles. The molecule has 2 atom stereocenters. The molecule has 3 nitrogen and oxygen atoms in total. The molecule has 0 aromatic rings. The Balaban J connectivity index is 3.33.